The molecule has 1 unspecified atom stereocenters. The average Bonchev–Trinajstić information content (AvgIpc) is 3.46. The van der Waals surface area contributed by atoms with E-state index in [2.05, 4.69) is 20.8 Å². The summed E-state index contributed by atoms with van der Waals surface area (Å²) >= 11 is 4.14. The number of amides is 2. The molecule has 2 aliphatic rings. The van der Waals surface area contributed by atoms with E-state index in [1.165, 1.54) is 44.4 Å². The van der Waals surface area contributed by atoms with Crippen molar-refractivity contribution in [3.8, 4) is 0 Å². The van der Waals surface area contributed by atoms with Gasteiger partial charge in [-0.2, -0.15) is 0 Å². The van der Waals surface area contributed by atoms with Crippen molar-refractivity contribution in [2.75, 3.05) is 11.5 Å². The lowest BCUT2D eigenvalue weighted by Crippen LogP contribution is -2.71. The molecule has 0 aliphatic carbocycles. The van der Waals surface area contributed by atoms with Crippen molar-refractivity contribution in [1.82, 2.24) is 30.4 Å². The first-order valence-electron chi connectivity index (χ1n) is 10.4. The summed E-state index contributed by atoms with van der Waals surface area (Å²) in [4.78, 5) is 41.0. The summed E-state index contributed by atoms with van der Waals surface area (Å²) in [6.45, 7) is 5.26. The summed E-state index contributed by atoms with van der Waals surface area (Å²) in [6, 6.07) is 2.56. The Hall–Kier alpha value is -2.49. The minimum Gasteiger partial charge on any atom is -0.455 e. The molecule has 4 rings (SSSR count). The van der Waals surface area contributed by atoms with Crippen LogP contribution in [0.3, 0.4) is 0 Å². The van der Waals surface area contributed by atoms with E-state index in [1.807, 2.05) is 0 Å². The lowest BCUT2D eigenvalue weighted by molar-refractivity contribution is -0.158. The van der Waals surface area contributed by atoms with Gasteiger partial charge >= 0.3 is 5.97 Å². The van der Waals surface area contributed by atoms with Gasteiger partial charge in [-0.15, -0.1) is 28.2 Å². The van der Waals surface area contributed by atoms with Gasteiger partial charge in [0.2, 0.25) is 5.16 Å². The second-order valence-corrected chi connectivity index (χ2v) is 12.1. The number of nitrogens with one attached hydrogen (secondary N) is 1. The third kappa shape index (κ3) is 5.37. The minimum atomic E-state index is -0.857. The van der Waals surface area contributed by atoms with Crippen molar-refractivity contribution < 1.29 is 23.3 Å². The van der Waals surface area contributed by atoms with Crippen LogP contribution in [0.5, 0.6) is 0 Å². The molecule has 186 valence electrons. The highest BCUT2D eigenvalue weighted by molar-refractivity contribution is 8.01. The number of carbonyl (C=O) groups is 3. The number of β-lactam (4-membered cyclic amide) rings is 1. The van der Waals surface area contributed by atoms with Crippen molar-refractivity contribution in [2.24, 2.45) is 7.05 Å². The summed E-state index contributed by atoms with van der Waals surface area (Å²) in [5.41, 5.74) is 0.142. The fourth-order valence-corrected chi connectivity index (χ4v) is 6.94. The van der Waals surface area contributed by atoms with E-state index in [-0.39, 0.29) is 21.8 Å². The number of fused-ring (bicyclic) bond motifs is 1. The zero-order valence-electron chi connectivity index (χ0n) is 19.2. The predicted molar refractivity (Wildman–Crippen MR) is 134 cm³/mol. The van der Waals surface area contributed by atoms with Crippen LogP contribution in [-0.2, 0) is 37.4 Å². The van der Waals surface area contributed by atoms with Gasteiger partial charge in [0.1, 0.15) is 38.8 Å². The molecule has 0 bridgehead atoms. The van der Waals surface area contributed by atoms with Crippen LogP contribution in [-0.4, -0.2) is 80.5 Å². The minimum absolute atomic E-state index is 0.00402. The predicted octanol–water partition coefficient (Wildman–Crippen LogP) is 0.793. The molecular weight excluding hydrogens is 533 g/mol. The van der Waals surface area contributed by atoms with E-state index < -0.39 is 34.8 Å². The van der Waals surface area contributed by atoms with Crippen molar-refractivity contribution in [3.63, 3.8) is 0 Å². The van der Waals surface area contributed by atoms with Crippen LogP contribution >= 0.6 is 34.9 Å². The molecule has 0 saturated carbocycles. The van der Waals surface area contributed by atoms with Crippen LogP contribution in [0.1, 0.15) is 25.6 Å². The van der Waals surface area contributed by atoms with Crippen LogP contribution in [0.2, 0.25) is 0 Å². The molecule has 0 aromatic carbocycles. The zero-order valence-corrected chi connectivity index (χ0v) is 22.5. The van der Waals surface area contributed by atoms with Crippen molar-refractivity contribution in [2.45, 2.75) is 42.9 Å². The molecule has 2 aromatic rings. The number of carbonyl (C=O) groups excluding carboxylic acids is 3. The average molecular weight is 555 g/mol. The lowest BCUT2D eigenvalue weighted by atomic mass is 10.0. The molecule has 1 N–H and O–H groups in total. The summed E-state index contributed by atoms with van der Waals surface area (Å²) in [6.07, 6.45) is 0. The molecule has 0 spiro atoms. The molecule has 4 heterocycles. The topological polar surface area (TPSA) is 136 Å². The van der Waals surface area contributed by atoms with Gasteiger partial charge in [0.25, 0.3) is 11.8 Å². The quantitative estimate of drug-likeness (QED) is 0.172. The first kappa shape index (κ1) is 25.6. The number of hydrogen-bond acceptors (Lipinski definition) is 11. The van der Waals surface area contributed by atoms with Crippen molar-refractivity contribution in [3.05, 3.63) is 33.7 Å². The Labute approximate surface area is 217 Å². The SMILES string of the molecule is Cn1nnnc1SCC1=C(C(=O)OC(C)(C)C)N2C(=O)C(NC(=O)C(=S=O)c3cccs3)[C@H]2SC1. The summed E-state index contributed by atoms with van der Waals surface area (Å²) in [7, 11) is 1.71. The molecule has 11 nitrogen and oxygen atoms in total. The number of thioether (sulfide) groups is 2. The Balaban J connectivity index is 1.56. The number of aryl methyl sites for hydroxylation is 1. The van der Waals surface area contributed by atoms with Crippen molar-refractivity contribution >= 4 is 68.8 Å². The zero-order chi connectivity index (χ0) is 25.3. The molecule has 15 heteroatoms. The Kier molecular flexibility index (Phi) is 7.49. The Morgan fingerprint density at radius 3 is 2.71 bits per heavy atom. The van der Waals surface area contributed by atoms with Crippen LogP contribution < -0.4 is 5.32 Å². The number of rotatable bonds is 7. The van der Waals surface area contributed by atoms with E-state index >= 15 is 0 Å². The van der Waals surface area contributed by atoms with Gasteiger partial charge < -0.3 is 10.1 Å². The van der Waals surface area contributed by atoms with Gasteiger partial charge in [-0.3, -0.25) is 14.5 Å². The van der Waals surface area contributed by atoms with E-state index in [4.69, 9.17) is 4.74 Å². The van der Waals surface area contributed by atoms with Crippen LogP contribution in [0.25, 0.3) is 0 Å². The van der Waals surface area contributed by atoms with Gasteiger partial charge in [-0.1, -0.05) is 17.8 Å². The van der Waals surface area contributed by atoms with E-state index in [1.54, 1.807) is 45.3 Å². The highest BCUT2D eigenvalue weighted by Gasteiger charge is 2.54. The largest absolute Gasteiger partial charge is 0.455 e. The van der Waals surface area contributed by atoms with E-state index in [9.17, 15) is 18.6 Å². The third-order valence-electron chi connectivity index (χ3n) is 4.92. The first-order valence-corrected chi connectivity index (χ1v) is 14.0. The molecule has 2 amide bonds. The highest BCUT2D eigenvalue weighted by atomic mass is 32.2. The van der Waals surface area contributed by atoms with Gasteiger partial charge in [-0.05, 0) is 48.2 Å². The summed E-state index contributed by atoms with van der Waals surface area (Å²) in [5, 5.41) is 15.9. The molecule has 2 aliphatic heterocycles. The first-order chi connectivity index (χ1) is 16.6. The molecule has 35 heavy (non-hydrogen) atoms. The normalized spacial score (nSPS) is 19.7. The van der Waals surface area contributed by atoms with Gasteiger partial charge in [0, 0.05) is 18.6 Å². The van der Waals surface area contributed by atoms with Gasteiger partial charge in [0.05, 0.1) is 4.88 Å². The van der Waals surface area contributed by atoms with Crippen molar-refractivity contribution in [1.29, 1.82) is 0 Å². The smallest absolute Gasteiger partial charge is 0.355 e. The summed E-state index contributed by atoms with van der Waals surface area (Å²) < 4.78 is 18.7. The number of nitrogens with zero attached hydrogens (tertiary/aromatic N) is 5. The maximum atomic E-state index is 13.2. The number of aromatic nitrogens is 4. The number of thiophene rings is 1. The fourth-order valence-electron chi connectivity index (χ4n) is 3.41. The highest BCUT2D eigenvalue weighted by Crippen LogP contribution is 2.42. The van der Waals surface area contributed by atoms with Crippen LogP contribution in [0.4, 0.5) is 0 Å². The lowest BCUT2D eigenvalue weighted by Gasteiger charge is -2.50. The third-order valence-corrected chi connectivity index (χ3v) is 8.94. The maximum Gasteiger partial charge on any atom is 0.355 e. The maximum absolute atomic E-state index is 13.2. The van der Waals surface area contributed by atoms with E-state index in [0.717, 1.165) is 0 Å². The monoisotopic (exact) mass is 554 g/mol. The summed E-state index contributed by atoms with van der Waals surface area (Å²) in [5.74, 6) is -0.808. The molecule has 2 aromatic heterocycles. The number of tetrazole rings is 1. The molecule has 1 saturated heterocycles. The number of esters is 1. The fraction of sp³-hybridized carbons (Fsp3) is 0.450. The van der Waals surface area contributed by atoms with Crippen LogP contribution in [0, 0.1) is 0 Å². The Morgan fingerprint density at radius 1 is 1.34 bits per heavy atom. The second kappa shape index (κ2) is 10.2. The second-order valence-electron chi connectivity index (χ2n) is 8.58. The molecular formula is C20H22N6O5S4. The number of ether oxygens (including phenoxy) is 1. The van der Waals surface area contributed by atoms with Gasteiger partial charge in [0.15, 0.2) is 0 Å². The Bertz CT molecular complexity index is 1250. The molecule has 2 atom stereocenters. The Morgan fingerprint density at radius 2 is 2.11 bits per heavy atom. The number of hydrogen-bond donors (Lipinski definition) is 1. The standard InChI is InChI=1S/C20H22N6O5S4/c1-20(2,3)31-18(29)13-10(9-34-19-22-23-24-25(19)4)8-33-17-12(16(28)26(13)17)21-15(27)14(35-30)11-6-5-7-32-11/h5-7,12,17H,8-9H2,1-4H3,(H,21,27)/t12?,17-/m1/s1. The molecule has 0 radical (unpaired) electrons. The van der Waals surface area contributed by atoms with E-state index in [0.29, 0.717) is 27.1 Å². The van der Waals surface area contributed by atoms with Crippen LogP contribution in [0.15, 0.2) is 33.9 Å². The molecule has 1 fully saturated rings. The van der Waals surface area contributed by atoms with Gasteiger partial charge in [-0.25, -0.2) is 13.7 Å².